The van der Waals surface area contributed by atoms with Crippen LogP contribution in [0.1, 0.15) is 95.4 Å². The summed E-state index contributed by atoms with van der Waals surface area (Å²) < 4.78 is 16.2. The number of halogens is 1. The minimum atomic E-state index is -1.06. The summed E-state index contributed by atoms with van der Waals surface area (Å²) >= 11 is 0. The Balaban J connectivity index is 0.00000100. The molecule has 2 aromatic rings. The van der Waals surface area contributed by atoms with Gasteiger partial charge < -0.3 is 26.4 Å². The van der Waals surface area contributed by atoms with E-state index in [-0.39, 0.29) is 0 Å². The van der Waals surface area contributed by atoms with Gasteiger partial charge in [0.2, 0.25) is 5.91 Å². The number of allylic oxidation sites excluding steroid dienone is 7. The molecule has 11 heteroatoms. The molecule has 1 fully saturated rings. The van der Waals surface area contributed by atoms with E-state index < -0.39 is 18.0 Å². The molecule has 4 heterocycles. The number of rotatable bonds is 13. The third-order valence-electron chi connectivity index (χ3n) is 8.65. The molecule has 10 nitrogen and oxygen atoms in total. The third-order valence-corrected chi connectivity index (χ3v) is 8.65. The van der Waals surface area contributed by atoms with Gasteiger partial charge in [0.05, 0.1) is 30.0 Å². The number of quaternary nitrogens is 1. The number of aldehydes is 1. The topological polar surface area (TPSA) is 150 Å². The molecule has 312 valence electrons. The van der Waals surface area contributed by atoms with E-state index >= 15 is 0 Å². The fourth-order valence-electron chi connectivity index (χ4n) is 5.80. The number of alkyl halides is 1. The zero-order chi connectivity index (χ0) is 42.9. The van der Waals surface area contributed by atoms with Crippen LogP contribution in [0.15, 0.2) is 102 Å². The quantitative estimate of drug-likeness (QED) is 0.102. The maximum Gasteiger partial charge on any atom is 0.248 e. The predicted octanol–water partition coefficient (Wildman–Crippen LogP) is 6.60. The van der Waals surface area contributed by atoms with Crippen molar-refractivity contribution >= 4 is 23.6 Å². The second-order valence-corrected chi connectivity index (χ2v) is 12.6. The Morgan fingerprint density at radius 1 is 1.09 bits per heavy atom. The number of amides is 1. The first-order valence-electron chi connectivity index (χ1n) is 20.0. The first-order chi connectivity index (χ1) is 27.7. The summed E-state index contributed by atoms with van der Waals surface area (Å²) in [5, 5.41) is 3.16. The molecule has 0 aliphatic carbocycles. The van der Waals surface area contributed by atoms with Crippen LogP contribution in [0.4, 0.5) is 10.1 Å². The summed E-state index contributed by atoms with van der Waals surface area (Å²) in [5.41, 5.74) is 15.6. The maximum atomic E-state index is 11.5. The lowest BCUT2D eigenvalue weighted by Gasteiger charge is -2.29. The lowest BCUT2D eigenvalue weighted by molar-refractivity contribution is -0.931. The zero-order valence-electron chi connectivity index (χ0n) is 35.7. The number of nitrogens with zero attached hydrogens (tertiary/aromatic N) is 3. The highest BCUT2D eigenvalue weighted by Gasteiger charge is 2.30. The van der Waals surface area contributed by atoms with Gasteiger partial charge in [0.25, 0.3) is 0 Å². The Morgan fingerprint density at radius 2 is 1.79 bits per heavy atom. The number of carbonyl (C=O) groups is 2. The van der Waals surface area contributed by atoms with Crippen molar-refractivity contribution < 1.29 is 23.6 Å². The lowest BCUT2D eigenvalue weighted by atomic mass is 9.78. The largest absolute Gasteiger partial charge is 0.376 e. The summed E-state index contributed by atoms with van der Waals surface area (Å²) in [6, 6.07) is 6.36. The molecule has 0 spiro atoms. The smallest absolute Gasteiger partial charge is 0.248 e. The van der Waals surface area contributed by atoms with Crippen molar-refractivity contribution in [3.8, 4) is 11.8 Å². The van der Waals surface area contributed by atoms with Gasteiger partial charge in [-0.3, -0.25) is 24.5 Å². The number of fused-ring (bicyclic) bond motifs is 1. The molecule has 57 heavy (non-hydrogen) atoms. The first-order valence-corrected chi connectivity index (χ1v) is 20.0. The van der Waals surface area contributed by atoms with Crippen LogP contribution >= 0.6 is 0 Å². The Hall–Kier alpha value is -4.86. The molecule has 0 aromatic carbocycles. The standard InChI is InChI=1S/C27H31N3O.C13H21N3O.C2H4FNO.2C2H6/c1-6-8-9-10-16-27(4)17-11-12-23-24(15-18-29-25(23)20-31)30-26(27)21(3)13-14-22(7-2)19-28-5;14-11-13(12-3-5-15-6-4-12)16-7-1-2-9-17-10-8-16;3-1-2(4)5;2*1-2/h6-10,13-15,18,20,28H,3,12,16,19H2,1-2,4-5H3;3-6,13H,1-2,7-11,14H2;1H2,(H2,4,5);2*1-2H3/p+1/b8-6-,10-9-,14-13-,22-7+,30-26?;;;;. The normalized spacial score (nSPS) is 18.2. The Kier molecular flexibility index (Phi) is 29.5. The van der Waals surface area contributed by atoms with Gasteiger partial charge in [-0.05, 0) is 76.4 Å². The highest BCUT2D eigenvalue weighted by atomic mass is 19.1. The van der Waals surface area contributed by atoms with Crippen LogP contribution in [0.3, 0.4) is 0 Å². The molecule has 6 N–H and O–H groups in total. The van der Waals surface area contributed by atoms with Crippen molar-refractivity contribution in [2.24, 2.45) is 21.9 Å². The van der Waals surface area contributed by atoms with E-state index in [4.69, 9.17) is 15.5 Å². The van der Waals surface area contributed by atoms with E-state index in [0.717, 1.165) is 67.1 Å². The van der Waals surface area contributed by atoms with E-state index in [0.29, 0.717) is 31.1 Å². The summed E-state index contributed by atoms with van der Waals surface area (Å²) in [6.45, 7) is 22.8. The molecule has 2 aliphatic rings. The fraction of sp³-hybridized carbons (Fsp3) is 0.457. The van der Waals surface area contributed by atoms with Gasteiger partial charge in [-0.25, -0.2) is 4.39 Å². The SMILES string of the molecule is C=C(/C=C\C(=C/C)CNC)C1=Nc2ccnc(C=O)c2CC#CC1(C)C/C=C\C=C/C.CC.CC.NC(=O)CF.NCC(c1ccncc1)[NH+]1CCCCOCC1. The van der Waals surface area contributed by atoms with Crippen molar-refractivity contribution in [3.05, 3.63) is 114 Å². The number of nitrogens with two attached hydrogens (primary N) is 2. The average molecular weight is 787 g/mol. The van der Waals surface area contributed by atoms with Crippen molar-refractivity contribution in [1.29, 1.82) is 0 Å². The monoisotopic (exact) mass is 787 g/mol. The van der Waals surface area contributed by atoms with Gasteiger partial charge in [-0.2, -0.15) is 0 Å². The molecular formula is C46H69FN7O3+. The molecular weight excluding hydrogens is 718 g/mol. The van der Waals surface area contributed by atoms with Gasteiger partial charge in [-0.15, -0.1) is 0 Å². The number of aromatic nitrogens is 2. The van der Waals surface area contributed by atoms with Gasteiger partial charge in [0.1, 0.15) is 18.3 Å². The number of hydrogen-bond acceptors (Lipinski definition) is 8. The number of carbonyl (C=O) groups excluding carboxylic acids is 2. The maximum absolute atomic E-state index is 11.5. The number of aliphatic imine (C=N–C) groups is 1. The van der Waals surface area contributed by atoms with Crippen LogP contribution in [0.5, 0.6) is 0 Å². The molecule has 4 rings (SSSR count). The molecule has 0 saturated carbocycles. The van der Waals surface area contributed by atoms with Crippen LogP contribution < -0.4 is 21.7 Å². The highest BCUT2D eigenvalue weighted by molar-refractivity contribution is 6.09. The van der Waals surface area contributed by atoms with Crippen LogP contribution in [0.2, 0.25) is 0 Å². The molecule has 1 amide bonds. The number of pyridine rings is 2. The molecule has 0 radical (unpaired) electrons. The minimum absolute atomic E-state index is 0.375. The number of primary amides is 1. The number of hydrogen-bond donors (Lipinski definition) is 4. The summed E-state index contributed by atoms with van der Waals surface area (Å²) in [7, 11) is 1.92. The Bertz CT molecular complexity index is 1670. The number of nitrogens with one attached hydrogen (secondary N) is 2. The van der Waals surface area contributed by atoms with Crippen LogP contribution in [0, 0.1) is 17.3 Å². The van der Waals surface area contributed by atoms with E-state index in [9.17, 15) is 14.0 Å². The molecule has 3 unspecified atom stereocenters. The minimum Gasteiger partial charge on any atom is -0.376 e. The molecule has 2 aromatic heterocycles. The molecule has 2 aliphatic heterocycles. The van der Waals surface area contributed by atoms with Gasteiger partial charge in [0.15, 0.2) is 13.0 Å². The van der Waals surface area contributed by atoms with Crippen molar-refractivity contribution in [2.75, 3.05) is 53.1 Å². The van der Waals surface area contributed by atoms with Gasteiger partial charge in [0, 0.05) is 55.8 Å². The number of likely N-dealkylation sites (N-methyl/N-ethyl adjacent to an activating group) is 1. The summed E-state index contributed by atoms with van der Waals surface area (Å²) in [4.78, 5) is 35.5. The van der Waals surface area contributed by atoms with Crippen LogP contribution in [0.25, 0.3) is 0 Å². The van der Waals surface area contributed by atoms with Crippen LogP contribution in [-0.4, -0.2) is 81.0 Å². The molecule has 0 bridgehead atoms. The summed E-state index contributed by atoms with van der Waals surface area (Å²) in [5.74, 6) is 5.75. The molecule has 1 saturated heterocycles. The fourth-order valence-corrected chi connectivity index (χ4v) is 5.80. The van der Waals surface area contributed by atoms with Gasteiger partial charge >= 0.3 is 0 Å². The van der Waals surface area contributed by atoms with Crippen molar-refractivity contribution in [2.45, 2.75) is 80.2 Å². The molecule has 3 atom stereocenters. The predicted molar refractivity (Wildman–Crippen MR) is 235 cm³/mol. The van der Waals surface area contributed by atoms with E-state index in [1.54, 1.807) is 11.1 Å². The zero-order valence-corrected chi connectivity index (χ0v) is 35.7. The Morgan fingerprint density at radius 3 is 2.39 bits per heavy atom. The van der Waals surface area contributed by atoms with Crippen molar-refractivity contribution in [3.63, 3.8) is 0 Å². The van der Waals surface area contributed by atoms with E-state index in [1.165, 1.54) is 18.5 Å². The lowest BCUT2D eigenvalue weighted by Crippen LogP contribution is -3.13. The van der Waals surface area contributed by atoms with Gasteiger partial charge in [-0.1, -0.05) is 88.6 Å². The second kappa shape index (κ2) is 32.2. The first kappa shape index (κ1) is 52.1. The number of ether oxygens (including phenoxy) is 1. The van der Waals surface area contributed by atoms with Crippen LogP contribution in [-0.2, 0) is 16.0 Å². The average Bonchev–Trinajstić information content (AvgIpc) is 3.23. The third kappa shape index (κ3) is 19.7. The van der Waals surface area contributed by atoms with Crippen molar-refractivity contribution in [1.82, 2.24) is 15.3 Å². The van der Waals surface area contributed by atoms with E-state index in [1.807, 2.05) is 97.4 Å². The highest BCUT2D eigenvalue weighted by Crippen LogP contribution is 2.33. The summed E-state index contributed by atoms with van der Waals surface area (Å²) in [6.07, 6.45) is 23.8. The Labute approximate surface area is 342 Å². The second-order valence-electron chi connectivity index (χ2n) is 12.6. The van der Waals surface area contributed by atoms with E-state index in [2.05, 4.69) is 70.6 Å².